The molecule has 13 rings (SSSR count). The van der Waals surface area contributed by atoms with Crippen molar-refractivity contribution < 1.29 is 59.2 Å². The van der Waals surface area contributed by atoms with Gasteiger partial charge in [-0.1, -0.05) is 93.5 Å². The first-order valence-electron chi connectivity index (χ1n) is 32.6. The number of nitrogens with one attached hydrogen (secondary N) is 1. The van der Waals surface area contributed by atoms with Crippen molar-refractivity contribution >= 4 is 23.4 Å². The maximum Gasteiger partial charge on any atom is 0.334 e. The fourth-order valence-corrected chi connectivity index (χ4v) is 18.8. The van der Waals surface area contributed by atoms with E-state index in [1.54, 1.807) is 19.1 Å². The molecular formula is C71H89NO12. The van der Waals surface area contributed by atoms with Crippen molar-refractivity contribution in [3.05, 3.63) is 99.1 Å². The number of aliphatic hydroxyl groups is 5. The molecule has 7 N–H and O–H groups in total. The van der Waals surface area contributed by atoms with E-state index in [-0.39, 0.29) is 98.1 Å². The molecule has 10 aliphatic rings. The molecule has 10 bridgehead atoms. The minimum Gasteiger partial charge on any atom is -0.507 e. The summed E-state index contributed by atoms with van der Waals surface area (Å²) >= 11 is 0. The Hall–Kier alpha value is -5.07. The van der Waals surface area contributed by atoms with Crippen LogP contribution < -0.4 is 10.1 Å². The number of carbonyl (C=O) groups excluding carboxylic acids is 3. The van der Waals surface area contributed by atoms with Gasteiger partial charge in [-0.15, -0.1) is 0 Å². The second kappa shape index (κ2) is 23.6. The van der Waals surface area contributed by atoms with Crippen LogP contribution in [0.5, 0.6) is 11.5 Å². The van der Waals surface area contributed by atoms with Crippen molar-refractivity contribution in [2.24, 2.45) is 40.9 Å². The Bertz CT molecular complexity index is 3090. The predicted octanol–water partition coefficient (Wildman–Crippen LogP) is 10.6. The van der Waals surface area contributed by atoms with Crippen LogP contribution in [0.1, 0.15) is 211 Å². The highest BCUT2D eigenvalue weighted by molar-refractivity contribution is 5.89. The van der Waals surface area contributed by atoms with Gasteiger partial charge in [0.25, 0.3) is 0 Å². The first-order chi connectivity index (χ1) is 40.5. The molecular weight excluding hydrogens is 1060 g/mol. The van der Waals surface area contributed by atoms with Crippen LogP contribution in [0.3, 0.4) is 0 Å². The number of anilines is 1. The van der Waals surface area contributed by atoms with Gasteiger partial charge in [-0.25, -0.2) is 4.79 Å². The van der Waals surface area contributed by atoms with Gasteiger partial charge in [-0.3, -0.25) is 9.59 Å². The lowest BCUT2D eigenvalue weighted by Crippen LogP contribution is -2.65. The molecule has 15 atom stereocenters. The Morgan fingerprint density at radius 1 is 0.798 bits per heavy atom. The lowest BCUT2D eigenvalue weighted by Gasteiger charge is -2.59. The number of phenols is 1. The van der Waals surface area contributed by atoms with Crippen molar-refractivity contribution in [1.82, 2.24) is 0 Å². The molecule has 84 heavy (non-hydrogen) atoms. The van der Waals surface area contributed by atoms with E-state index in [1.807, 2.05) is 36.4 Å². The van der Waals surface area contributed by atoms with Crippen LogP contribution >= 0.6 is 0 Å². The summed E-state index contributed by atoms with van der Waals surface area (Å²) in [6.45, 7) is 1.22. The standard InChI is InChI=1S/C71H89NO12/c1-69(80,67(78)61-21-18-48-38-70(23-7-8-24-70)25-22-60(48)82-61)40-72-52-28-43(39-73)27-49(32-52)45-16-17-46-37-63(76)84-66-54(46)35-50(65(77)64(66)44-12-3-2-4-13-44)36-62-71(81)57-15-6-5-14-47(57)34-55-56(59(75)20-19-58(55)71)30-42-11-9-10-41(26-42)29-53(74)33-51(31-45)68(79)83-62/h9-11,26-28,32-33,35,44-48,53,55-58,60-62,67,72-74,77-78,80-81H,2-8,12-15,18-25,29-31,34,36-40H2,1H3. The second-order valence-electron chi connectivity index (χ2n) is 28.3. The van der Waals surface area contributed by atoms with Crippen molar-refractivity contribution in [3.63, 3.8) is 0 Å². The average molecular weight is 1150 g/mol. The number of aliphatic hydroxyl groups excluding tert-OH is 3. The van der Waals surface area contributed by atoms with Gasteiger partial charge in [0.1, 0.15) is 40.7 Å². The Balaban J connectivity index is 0.905. The second-order valence-corrected chi connectivity index (χ2v) is 28.3. The third-order valence-electron chi connectivity index (χ3n) is 23.0. The summed E-state index contributed by atoms with van der Waals surface area (Å²) in [5, 5.41) is 77.8. The molecule has 4 aliphatic heterocycles. The summed E-state index contributed by atoms with van der Waals surface area (Å²) in [5.41, 5.74) is 2.55. The highest BCUT2D eigenvalue weighted by atomic mass is 16.6. The number of hydrogen-bond donors (Lipinski definition) is 7. The molecule has 15 unspecified atom stereocenters. The van der Waals surface area contributed by atoms with Crippen molar-refractivity contribution in [2.45, 2.75) is 240 Å². The number of ketones is 1. The molecule has 6 aliphatic carbocycles. The van der Waals surface area contributed by atoms with Crippen LogP contribution in [0.25, 0.3) is 0 Å². The van der Waals surface area contributed by atoms with Crippen LogP contribution in [0, 0.1) is 52.8 Å². The summed E-state index contributed by atoms with van der Waals surface area (Å²) in [4.78, 5) is 44.2. The van der Waals surface area contributed by atoms with Crippen LogP contribution in [-0.4, -0.2) is 96.6 Å². The van der Waals surface area contributed by atoms with E-state index in [0.717, 1.165) is 94.6 Å². The molecule has 4 heterocycles. The molecule has 3 aromatic rings. The highest BCUT2D eigenvalue weighted by Gasteiger charge is 2.62. The minimum atomic E-state index is -1.62. The first kappa shape index (κ1) is 58.0. The lowest BCUT2D eigenvalue weighted by molar-refractivity contribution is -0.228. The molecule has 0 amide bonds. The topological polar surface area (TPSA) is 212 Å². The zero-order valence-electron chi connectivity index (χ0n) is 49.2. The van der Waals surface area contributed by atoms with Gasteiger partial charge in [0.2, 0.25) is 0 Å². The van der Waals surface area contributed by atoms with Crippen molar-refractivity contribution in [2.75, 3.05) is 11.9 Å². The first-order valence-corrected chi connectivity index (χ1v) is 32.6. The smallest absolute Gasteiger partial charge is 0.334 e. The third kappa shape index (κ3) is 11.2. The van der Waals surface area contributed by atoms with Gasteiger partial charge in [-0.05, 0) is 190 Å². The molecule has 450 valence electrons. The maximum absolute atomic E-state index is 15.9. The predicted molar refractivity (Wildman–Crippen MR) is 317 cm³/mol. The summed E-state index contributed by atoms with van der Waals surface area (Å²) in [5.74, 6) is 4.04. The average Bonchev–Trinajstić information content (AvgIpc) is 1.44. The third-order valence-corrected chi connectivity index (χ3v) is 23.0. The van der Waals surface area contributed by atoms with Gasteiger partial charge in [-0.2, -0.15) is 0 Å². The van der Waals surface area contributed by atoms with Crippen molar-refractivity contribution in [3.8, 4) is 23.3 Å². The largest absolute Gasteiger partial charge is 0.507 e. The maximum atomic E-state index is 15.9. The number of esters is 2. The van der Waals surface area contributed by atoms with Gasteiger partial charge in [0, 0.05) is 60.0 Å². The van der Waals surface area contributed by atoms with E-state index in [2.05, 4.69) is 23.2 Å². The molecule has 7 fully saturated rings. The molecule has 1 saturated heterocycles. The van der Waals surface area contributed by atoms with Crippen LogP contribution in [0.4, 0.5) is 5.69 Å². The van der Waals surface area contributed by atoms with E-state index in [1.165, 1.54) is 32.1 Å². The van der Waals surface area contributed by atoms with Gasteiger partial charge in [0.15, 0.2) is 0 Å². The minimum absolute atomic E-state index is 0.0198. The number of Topliss-reactive ketones (excluding diaryl/α,β-unsaturated/α-hetero) is 1. The van der Waals surface area contributed by atoms with Crippen LogP contribution in [-0.2, 0) is 49.7 Å². The fourth-order valence-electron chi connectivity index (χ4n) is 18.8. The molecule has 6 saturated carbocycles. The number of rotatable bonds is 8. The SMILES string of the molecule is CC(O)(CNc1cc(CO)cc(C2C#CC3CC(=O)Oc4c3cc(c(O)c4C3CCCCC3)CC3OC(=O)C(=CC(O)Cc4cccc(c4)CC4C(=O)CCC5C4CC4CCCCC4C35O)C2)c1)C(O)C1CCC2CC3(CCCC3)CCC2O1. The molecule has 1 spiro atoms. The quantitative estimate of drug-likeness (QED) is 0.0636. The Morgan fingerprint density at radius 3 is 2.38 bits per heavy atom. The number of carbonyl (C=O) groups is 3. The normalized spacial score (nSPS) is 35.1. The van der Waals surface area contributed by atoms with E-state index in [0.29, 0.717) is 69.8 Å². The number of fused-ring (bicyclic) bond motifs is 10. The zero-order valence-corrected chi connectivity index (χ0v) is 49.2. The Kier molecular flexibility index (Phi) is 16.3. The number of aromatic hydroxyl groups is 1. The van der Waals surface area contributed by atoms with E-state index >= 15 is 4.79 Å². The summed E-state index contributed by atoms with van der Waals surface area (Å²) < 4.78 is 19.9. The molecule has 13 heteroatoms. The van der Waals surface area contributed by atoms with Gasteiger partial charge < -0.3 is 50.2 Å². The molecule has 0 radical (unpaired) electrons. The summed E-state index contributed by atoms with van der Waals surface area (Å²) in [6.07, 6.45) is 17.7. The number of phenolic OH excluding ortho intramolecular Hbond substituents is 1. The van der Waals surface area contributed by atoms with E-state index < -0.39 is 65.3 Å². The molecule has 3 aromatic carbocycles. The van der Waals surface area contributed by atoms with Crippen LogP contribution in [0.15, 0.2) is 60.2 Å². The number of ether oxygens (including phenoxy) is 3. The monoisotopic (exact) mass is 1150 g/mol. The van der Waals surface area contributed by atoms with Crippen LogP contribution in [0.2, 0.25) is 0 Å². The van der Waals surface area contributed by atoms with Crippen molar-refractivity contribution in [1.29, 1.82) is 0 Å². The van der Waals surface area contributed by atoms with Gasteiger partial charge >= 0.3 is 11.9 Å². The molecule has 13 nitrogen and oxygen atoms in total. The molecule has 0 aromatic heterocycles. The summed E-state index contributed by atoms with van der Waals surface area (Å²) in [6, 6.07) is 15.4. The highest BCUT2D eigenvalue weighted by Crippen LogP contribution is 2.60. The summed E-state index contributed by atoms with van der Waals surface area (Å²) in [7, 11) is 0. The zero-order chi connectivity index (χ0) is 58.1. The number of benzene rings is 3. The number of hydrogen-bond acceptors (Lipinski definition) is 13. The van der Waals surface area contributed by atoms with E-state index in [4.69, 9.17) is 14.2 Å². The Morgan fingerprint density at radius 2 is 1.57 bits per heavy atom. The van der Waals surface area contributed by atoms with E-state index in [9.17, 15) is 40.2 Å². The lowest BCUT2D eigenvalue weighted by atomic mass is 9.48. The fraction of sp³-hybridized carbons (Fsp3) is 0.648. The Labute approximate surface area is 495 Å². The van der Waals surface area contributed by atoms with Gasteiger partial charge in [0.05, 0.1) is 37.3 Å².